The van der Waals surface area contributed by atoms with Crippen LogP contribution >= 0.6 is 23.2 Å². The van der Waals surface area contributed by atoms with Crippen LogP contribution in [-0.4, -0.2) is 17.8 Å². The topological polar surface area (TPSA) is 66.9 Å². The van der Waals surface area contributed by atoms with Crippen LogP contribution in [0.15, 0.2) is 121 Å². The van der Waals surface area contributed by atoms with Crippen LogP contribution < -0.4 is 14.5 Å². The van der Waals surface area contributed by atoms with Crippen LogP contribution in [0.5, 0.6) is 5.75 Å². The molecular formula is C34H22Cl2N2O4. The molecule has 1 aliphatic heterocycles. The zero-order valence-electron chi connectivity index (χ0n) is 22.0. The minimum Gasteiger partial charge on any atom is -0.487 e. The molecule has 1 aliphatic rings. The maximum absolute atomic E-state index is 13.8. The van der Waals surface area contributed by atoms with E-state index < -0.39 is 17.8 Å². The molecule has 0 N–H and O–H groups in total. The molecule has 0 saturated carbocycles. The number of halogens is 2. The van der Waals surface area contributed by atoms with Crippen LogP contribution in [0.1, 0.15) is 11.1 Å². The third kappa shape index (κ3) is 5.14. The van der Waals surface area contributed by atoms with E-state index in [1.54, 1.807) is 66.7 Å². The lowest BCUT2D eigenvalue weighted by Gasteiger charge is -2.34. The molecule has 0 radical (unpaired) electrons. The van der Waals surface area contributed by atoms with Gasteiger partial charge in [0, 0.05) is 10.6 Å². The van der Waals surface area contributed by atoms with Crippen molar-refractivity contribution in [1.82, 2.24) is 0 Å². The van der Waals surface area contributed by atoms with E-state index in [2.05, 4.69) is 0 Å². The summed E-state index contributed by atoms with van der Waals surface area (Å²) in [7, 11) is 0. The Morgan fingerprint density at radius 2 is 1.24 bits per heavy atom. The molecule has 4 amide bonds. The summed E-state index contributed by atoms with van der Waals surface area (Å²) in [6.07, 6.45) is 1.37. The second kappa shape index (κ2) is 11.5. The molecule has 42 heavy (non-hydrogen) atoms. The van der Waals surface area contributed by atoms with E-state index in [1.807, 2.05) is 42.5 Å². The summed E-state index contributed by atoms with van der Waals surface area (Å²) < 4.78 is 6.22. The van der Waals surface area contributed by atoms with Crippen LogP contribution in [0.4, 0.5) is 16.2 Å². The van der Waals surface area contributed by atoms with Gasteiger partial charge in [-0.05, 0) is 58.8 Å². The predicted molar refractivity (Wildman–Crippen MR) is 166 cm³/mol. The highest BCUT2D eigenvalue weighted by atomic mass is 35.5. The highest BCUT2D eigenvalue weighted by Gasteiger charge is 2.43. The Kier molecular flexibility index (Phi) is 7.48. The molecule has 1 fully saturated rings. The number of imide groups is 2. The Hall–Kier alpha value is -4.91. The van der Waals surface area contributed by atoms with Gasteiger partial charge in [0.2, 0.25) is 0 Å². The molecule has 5 aromatic carbocycles. The highest BCUT2D eigenvalue weighted by Crippen LogP contribution is 2.37. The lowest BCUT2D eigenvalue weighted by atomic mass is 10.0. The molecule has 0 aromatic heterocycles. The summed E-state index contributed by atoms with van der Waals surface area (Å²) in [5.74, 6) is -1.31. The minimum atomic E-state index is -0.781. The van der Waals surface area contributed by atoms with Gasteiger partial charge in [-0.2, -0.15) is 0 Å². The Bertz CT molecular complexity index is 1800. The van der Waals surface area contributed by atoms with E-state index in [9.17, 15) is 14.4 Å². The summed E-state index contributed by atoms with van der Waals surface area (Å²) in [5, 5.41) is 2.59. The van der Waals surface area contributed by atoms with Crippen molar-refractivity contribution in [3.63, 3.8) is 0 Å². The number of rotatable bonds is 6. The van der Waals surface area contributed by atoms with Gasteiger partial charge in [0.15, 0.2) is 0 Å². The second-order valence-corrected chi connectivity index (χ2v) is 10.4. The second-order valence-electron chi connectivity index (χ2n) is 9.53. The molecule has 0 bridgehead atoms. The molecule has 0 unspecified atom stereocenters. The van der Waals surface area contributed by atoms with Crippen molar-refractivity contribution < 1.29 is 19.1 Å². The number of hydrogen-bond acceptors (Lipinski definition) is 4. The quantitative estimate of drug-likeness (QED) is 0.147. The summed E-state index contributed by atoms with van der Waals surface area (Å²) in [6.45, 7) is 0.172. The number of carbonyl (C=O) groups excluding carboxylic acids is 3. The maximum Gasteiger partial charge on any atom is 0.343 e. The Morgan fingerprint density at radius 1 is 0.667 bits per heavy atom. The number of urea groups is 1. The normalized spacial score (nSPS) is 13.6. The van der Waals surface area contributed by atoms with Crippen molar-refractivity contribution in [2.45, 2.75) is 6.61 Å². The summed E-state index contributed by atoms with van der Waals surface area (Å²) >= 11 is 13.0. The van der Waals surface area contributed by atoms with Crippen LogP contribution in [0, 0.1) is 0 Å². The van der Waals surface area contributed by atoms with Gasteiger partial charge in [-0.3, -0.25) is 9.59 Å². The lowest BCUT2D eigenvalue weighted by molar-refractivity contribution is -0.121. The van der Waals surface area contributed by atoms with Gasteiger partial charge in [0.05, 0.1) is 16.4 Å². The van der Waals surface area contributed by atoms with Gasteiger partial charge in [-0.25, -0.2) is 14.6 Å². The van der Waals surface area contributed by atoms with Crippen LogP contribution in [0.3, 0.4) is 0 Å². The Labute approximate surface area is 252 Å². The molecule has 5 aromatic rings. The van der Waals surface area contributed by atoms with Gasteiger partial charge in [0.1, 0.15) is 17.9 Å². The maximum atomic E-state index is 13.8. The molecule has 206 valence electrons. The number of fused-ring (bicyclic) bond motifs is 1. The number of nitrogens with zero attached hydrogens (tertiary/aromatic N) is 2. The number of anilines is 2. The Morgan fingerprint density at radius 3 is 1.88 bits per heavy atom. The number of hydrogen-bond donors (Lipinski definition) is 0. The Balaban J connectivity index is 1.44. The van der Waals surface area contributed by atoms with E-state index in [4.69, 9.17) is 27.9 Å². The molecule has 1 saturated heterocycles. The number of ether oxygens (including phenoxy) is 1. The number of amides is 4. The molecule has 0 spiro atoms. The van der Waals surface area contributed by atoms with Crippen molar-refractivity contribution in [1.29, 1.82) is 0 Å². The van der Waals surface area contributed by atoms with Gasteiger partial charge < -0.3 is 4.74 Å². The summed E-state index contributed by atoms with van der Waals surface area (Å²) in [5.41, 5.74) is 1.64. The predicted octanol–water partition coefficient (Wildman–Crippen LogP) is 8.31. The van der Waals surface area contributed by atoms with Crippen molar-refractivity contribution in [2.24, 2.45) is 0 Å². The average Bonchev–Trinajstić information content (AvgIpc) is 3.00. The molecule has 6 rings (SSSR count). The van der Waals surface area contributed by atoms with E-state index in [1.165, 1.54) is 12.1 Å². The van der Waals surface area contributed by atoms with Crippen molar-refractivity contribution >= 4 is 69.3 Å². The number of benzene rings is 5. The van der Waals surface area contributed by atoms with Crippen molar-refractivity contribution in [2.75, 3.05) is 9.80 Å². The van der Waals surface area contributed by atoms with E-state index >= 15 is 0 Å². The molecule has 6 nitrogen and oxygen atoms in total. The molecule has 8 heteroatoms. The first-order valence-electron chi connectivity index (χ1n) is 13.1. The fourth-order valence-corrected chi connectivity index (χ4v) is 5.47. The van der Waals surface area contributed by atoms with E-state index in [0.717, 1.165) is 26.1 Å². The average molecular weight is 593 g/mol. The first-order chi connectivity index (χ1) is 20.4. The number of para-hydroxylation sites is 2. The molecule has 1 heterocycles. The lowest BCUT2D eigenvalue weighted by Crippen LogP contribution is -2.57. The summed E-state index contributed by atoms with van der Waals surface area (Å²) in [4.78, 5) is 43.2. The van der Waals surface area contributed by atoms with Crippen molar-refractivity contribution in [3.8, 4) is 5.75 Å². The number of barbiturate groups is 1. The van der Waals surface area contributed by atoms with Gasteiger partial charge >= 0.3 is 6.03 Å². The highest BCUT2D eigenvalue weighted by molar-refractivity contribution is 6.46. The van der Waals surface area contributed by atoms with Gasteiger partial charge in [0.25, 0.3) is 11.8 Å². The SMILES string of the molecule is O=C1C(=Cc2cc(Cl)cc(Cl)c2OCc2cccc3ccccc23)C(=O)N(c2ccccc2)C(=O)N1c1ccccc1. The van der Waals surface area contributed by atoms with E-state index in [-0.39, 0.29) is 28.0 Å². The fourth-order valence-electron chi connectivity index (χ4n) is 4.90. The fraction of sp³-hybridized carbons (Fsp3) is 0.0294. The van der Waals surface area contributed by atoms with Gasteiger partial charge in [-0.15, -0.1) is 0 Å². The van der Waals surface area contributed by atoms with Gasteiger partial charge in [-0.1, -0.05) is 102 Å². The molecule has 0 atom stereocenters. The van der Waals surface area contributed by atoms with Crippen LogP contribution in [-0.2, 0) is 16.2 Å². The smallest absolute Gasteiger partial charge is 0.343 e. The zero-order valence-corrected chi connectivity index (χ0v) is 23.5. The third-order valence-corrected chi connectivity index (χ3v) is 7.37. The largest absolute Gasteiger partial charge is 0.487 e. The standard InChI is InChI=1S/C34H22Cl2N2O4/c35-25-18-24(31(30(36)20-25)42-21-23-12-9-11-22-10-7-8-17-28(22)23)19-29-32(39)37(26-13-3-1-4-14-26)34(41)38(33(29)40)27-15-5-2-6-16-27/h1-20H,21H2. The minimum absolute atomic E-state index is 0.172. The molecule has 0 aliphatic carbocycles. The number of carbonyl (C=O) groups is 3. The summed E-state index contributed by atoms with van der Waals surface area (Å²) in [6, 6.07) is 33.1. The first kappa shape index (κ1) is 27.3. The first-order valence-corrected chi connectivity index (χ1v) is 13.8. The molecular weight excluding hydrogens is 571 g/mol. The van der Waals surface area contributed by atoms with Crippen molar-refractivity contribution in [3.05, 3.63) is 142 Å². The zero-order chi connectivity index (χ0) is 29.2. The van der Waals surface area contributed by atoms with Crippen LogP contribution in [0.2, 0.25) is 10.0 Å². The third-order valence-electron chi connectivity index (χ3n) is 6.87. The van der Waals surface area contributed by atoms with E-state index in [0.29, 0.717) is 16.9 Å². The monoisotopic (exact) mass is 592 g/mol. The van der Waals surface area contributed by atoms with Crippen LogP contribution in [0.25, 0.3) is 16.8 Å².